The number of hydrogen-bond donors (Lipinski definition) is 1. The highest BCUT2D eigenvalue weighted by Gasteiger charge is 2.24. The number of hydrogen-bond acceptors (Lipinski definition) is 2. The van der Waals surface area contributed by atoms with E-state index < -0.39 is 11.8 Å². The van der Waals surface area contributed by atoms with E-state index in [1.54, 1.807) is 4.90 Å². The largest absolute Gasteiger partial charge is 0.334 e. The molecule has 0 heterocycles. The monoisotopic (exact) mass is 318 g/mol. The summed E-state index contributed by atoms with van der Waals surface area (Å²) in [7, 11) is 0. The summed E-state index contributed by atoms with van der Waals surface area (Å²) in [5, 5.41) is 2.79. The number of nitrogens with one attached hydrogen (secondary N) is 1. The van der Waals surface area contributed by atoms with Crippen molar-refractivity contribution in [2.45, 2.75) is 47.5 Å². The van der Waals surface area contributed by atoms with Crippen LogP contribution in [0, 0.1) is 11.8 Å². The smallest absolute Gasteiger partial charge is 0.313 e. The van der Waals surface area contributed by atoms with Crippen LogP contribution in [-0.2, 0) is 9.59 Å². The first-order chi connectivity index (χ1) is 10.7. The predicted molar refractivity (Wildman–Crippen MR) is 95.4 cm³/mol. The highest BCUT2D eigenvalue weighted by Crippen LogP contribution is 2.23. The van der Waals surface area contributed by atoms with Crippen LogP contribution in [0.1, 0.15) is 53.0 Å². The maximum atomic E-state index is 12.5. The van der Waals surface area contributed by atoms with Gasteiger partial charge in [0.2, 0.25) is 0 Å². The van der Waals surface area contributed by atoms with Gasteiger partial charge in [-0.05, 0) is 29.4 Å². The molecule has 0 radical (unpaired) electrons. The molecule has 0 aliphatic carbocycles. The fraction of sp³-hybridized carbons (Fsp3) is 0.579. The quantitative estimate of drug-likeness (QED) is 0.809. The molecule has 0 aliphatic heterocycles. The fourth-order valence-electron chi connectivity index (χ4n) is 2.56. The van der Waals surface area contributed by atoms with Crippen molar-refractivity contribution < 1.29 is 9.59 Å². The third-order valence-corrected chi connectivity index (χ3v) is 3.48. The van der Waals surface area contributed by atoms with Crippen molar-refractivity contribution in [2.75, 3.05) is 18.4 Å². The number of carbonyl (C=O) groups is 2. The second-order valence-corrected chi connectivity index (χ2v) is 7.19. The van der Waals surface area contributed by atoms with Crippen molar-refractivity contribution in [1.82, 2.24) is 4.90 Å². The Morgan fingerprint density at radius 3 is 1.96 bits per heavy atom. The average molecular weight is 318 g/mol. The van der Waals surface area contributed by atoms with Crippen LogP contribution in [0.25, 0.3) is 0 Å². The molecule has 1 aromatic rings. The standard InChI is InChI=1S/C19H30N2O2/c1-13(2)11-21(12-14(3)4)19(23)18(22)20-17-10-8-7-9-16(17)15(5)6/h7-10,13-15H,11-12H2,1-6H3,(H,20,22). The molecular formula is C19H30N2O2. The van der Waals surface area contributed by atoms with E-state index in [9.17, 15) is 9.59 Å². The van der Waals surface area contributed by atoms with E-state index in [4.69, 9.17) is 0 Å². The fourth-order valence-corrected chi connectivity index (χ4v) is 2.56. The first-order valence-corrected chi connectivity index (χ1v) is 8.41. The minimum atomic E-state index is -0.556. The zero-order chi connectivity index (χ0) is 17.6. The third-order valence-electron chi connectivity index (χ3n) is 3.48. The van der Waals surface area contributed by atoms with Gasteiger partial charge in [-0.3, -0.25) is 9.59 Å². The molecule has 1 N–H and O–H groups in total. The van der Waals surface area contributed by atoms with Crippen LogP contribution in [0.4, 0.5) is 5.69 Å². The third kappa shape index (κ3) is 6.05. The van der Waals surface area contributed by atoms with Gasteiger partial charge >= 0.3 is 11.8 Å². The first-order valence-electron chi connectivity index (χ1n) is 8.41. The molecule has 0 spiro atoms. The van der Waals surface area contributed by atoms with Crippen molar-refractivity contribution in [3.8, 4) is 0 Å². The lowest BCUT2D eigenvalue weighted by molar-refractivity contribution is -0.143. The lowest BCUT2D eigenvalue weighted by Gasteiger charge is -2.26. The number of benzene rings is 1. The molecule has 0 atom stereocenters. The lowest BCUT2D eigenvalue weighted by atomic mass is 10.0. The molecule has 0 unspecified atom stereocenters. The van der Waals surface area contributed by atoms with E-state index in [1.165, 1.54) is 0 Å². The zero-order valence-corrected chi connectivity index (χ0v) is 15.2. The molecule has 1 aromatic carbocycles. The maximum Gasteiger partial charge on any atom is 0.313 e. The molecule has 2 amide bonds. The molecule has 0 aromatic heterocycles. The van der Waals surface area contributed by atoms with Gasteiger partial charge in [-0.2, -0.15) is 0 Å². The molecule has 0 aliphatic rings. The van der Waals surface area contributed by atoms with Gasteiger partial charge in [0.25, 0.3) is 0 Å². The molecule has 4 heteroatoms. The highest BCUT2D eigenvalue weighted by atomic mass is 16.2. The maximum absolute atomic E-state index is 12.5. The van der Waals surface area contributed by atoms with Crippen molar-refractivity contribution in [3.05, 3.63) is 29.8 Å². The second kappa shape index (κ2) is 8.70. The van der Waals surface area contributed by atoms with E-state index >= 15 is 0 Å². The summed E-state index contributed by atoms with van der Waals surface area (Å²) in [4.78, 5) is 26.6. The Morgan fingerprint density at radius 2 is 1.48 bits per heavy atom. The summed E-state index contributed by atoms with van der Waals surface area (Å²) in [6, 6.07) is 7.63. The van der Waals surface area contributed by atoms with Crippen LogP contribution in [0.5, 0.6) is 0 Å². The number of nitrogens with zero attached hydrogens (tertiary/aromatic N) is 1. The molecule has 4 nitrogen and oxygen atoms in total. The highest BCUT2D eigenvalue weighted by molar-refractivity contribution is 6.39. The van der Waals surface area contributed by atoms with Gasteiger partial charge in [0, 0.05) is 18.8 Å². The Hall–Kier alpha value is -1.84. The lowest BCUT2D eigenvalue weighted by Crippen LogP contribution is -2.43. The summed E-state index contributed by atoms with van der Waals surface area (Å²) < 4.78 is 0. The number of rotatable bonds is 6. The zero-order valence-electron chi connectivity index (χ0n) is 15.2. The topological polar surface area (TPSA) is 49.4 Å². The van der Waals surface area contributed by atoms with E-state index in [-0.39, 0.29) is 5.92 Å². The molecule has 0 saturated heterocycles. The van der Waals surface area contributed by atoms with E-state index in [2.05, 4.69) is 19.2 Å². The predicted octanol–water partition coefficient (Wildman–Crippen LogP) is 3.89. The molecule has 0 saturated carbocycles. The number of anilines is 1. The van der Waals surface area contributed by atoms with Gasteiger partial charge < -0.3 is 10.2 Å². The molecule has 0 fully saturated rings. The molecule has 128 valence electrons. The van der Waals surface area contributed by atoms with Crippen LogP contribution in [0.3, 0.4) is 0 Å². The molecule has 1 rings (SSSR count). The van der Waals surface area contributed by atoms with E-state index in [1.807, 2.05) is 52.0 Å². The Balaban J connectivity index is 2.88. The summed E-state index contributed by atoms with van der Waals surface area (Å²) in [6.45, 7) is 13.5. The average Bonchev–Trinajstić information content (AvgIpc) is 2.45. The summed E-state index contributed by atoms with van der Waals surface area (Å²) >= 11 is 0. The first kappa shape index (κ1) is 19.2. The number of para-hydroxylation sites is 1. The van der Waals surface area contributed by atoms with Crippen LogP contribution in [0.15, 0.2) is 24.3 Å². The van der Waals surface area contributed by atoms with Crippen molar-refractivity contribution >= 4 is 17.5 Å². The van der Waals surface area contributed by atoms with Gasteiger partial charge in [-0.1, -0.05) is 59.7 Å². The number of amides is 2. The van der Waals surface area contributed by atoms with Gasteiger partial charge in [-0.25, -0.2) is 0 Å². The normalized spacial score (nSPS) is 11.2. The molecular weight excluding hydrogens is 288 g/mol. The summed E-state index contributed by atoms with van der Waals surface area (Å²) in [6.07, 6.45) is 0. The minimum absolute atomic E-state index is 0.282. The molecule has 0 bridgehead atoms. The van der Waals surface area contributed by atoms with Crippen LogP contribution in [0.2, 0.25) is 0 Å². The Kier molecular flexibility index (Phi) is 7.27. The SMILES string of the molecule is CC(C)CN(CC(C)C)C(=O)C(=O)Nc1ccccc1C(C)C. The Bertz CT molecular complexity index is 526. The van der Waals surface area contributed by atoms with Crippen LogP contribution in [-0.4, -0.2) is 29.8 Å². The van der Waals surface area contributed by atoms with Gasteiger partial charge in [0.15, 0.2) is 0 Å². The Morgan fingerprint density at radius 1 is 0.957 bits per heavy atom. The van der Waals surface area contributed by atoms with Gasteiger partial charge in [0.05, 0.1) is 0 Å². The summed E-state index contributed by atoms with van der Waals surface area (Å²) in [5.74, 6) is -0.0729. The van der Waals surface area contributed by atoms with Crippen LogP contribution < -0.4 is 5.32 Å². The van der Waals surface area contributed by atoms with E-state index in [0.29, 0.717) is 24.9 Å². The van der Waals surface area contributed by atoms with Crippen molar-refractivity contribution in [2.24, 2.45) is 11.8 Å². The van der Waals surface area contributed by atoms with Crippen molar-refractivity contribution in [1.29, 1.82) is 0 Å². The van der Waals surface area contributed by atoms with E-state index in [0.717, 1.165) is 11.3 Å². The number of carbonyl (C=O) groups excluding carboxylic acids is 2. The summed E-state index contributed by atoms with van der Waals surface area (Å²) in [5.41, 5.74) is 1.75. The second-order valence-electron chi connectivity index (χ2n) is 7.19. The van der Waals surface area contributed by atoms with Crippen molar-refractivity contribution in [3.63, 3.8) is 0 Å². The van der Waals surface area contributed by atoms with Crippen LogP contribution >= 0.6 is 0 Å². The van der Waals surface area contributed by atoms with Gasteiger partial charge in [-0.15, -0.1) is 0 Å². The van der Waals surface area contributed by atoms with Gasteiger partial charge in [0.1, 0.15) is 0 Å². The minimum Gasteiger partial charge on any atom is -0.334 e. The molecule has 23 heavy (non-hydrogen) atoms. The Labute approximate surface area is 140 Å².